The summed E-state index contributed by atoms with van der Waals surface area (Å²) < 4.78 is 18.9. The van der Waals surface area contributed by atoms with Gasteiger partial charge in [0.25, 0.3) is 0 Å². The van der Waals surface area contributed by atoms with E-state index in [1.54, 1.807) is 17.4 Å². The van der Waals surface area contributed by atoms with Gasteiger partial charge in [-0.1, -0.05) is 13.0 Å². The maximum atomic E-state index is 13.3. The number of aromatic nitrogens is 1. The van der Waals surface area contributed by atoms with Crippen LogP contribution in [0.15, 0.2) is 23.6 Å². The third kappa shape index (κ3) is 3.52. The number of nitrogens with zero attached hydrogens (tertiary/aromatic N) is 1. The van der Waals surface area contributed by atoms with E-state index in [0.717, 1.165) is 22.7 Å². The Morgan fingerprint density at radius 3 is 2.89 bits per heavy atom. The molecule has 0 aliphatic rings. The Labute approximate surface area is 116 Å². The lowest BCUT2D eigenvalue weighted by Crippen LogP contribution is -2.08. The van der Waals surface area contributed by atoms with Gasteiger partial charge >= 0.3 is 0 Å². The number of benzene rings is 1. The van der Waals surface area contributed by atoms with Gasteiger partial charge in [-0.05, 0) is 19.4 Å². The normalized spacial score (nSPS) is 12.4. The lowest BCUT2D eigenvalue weighted by Gasteiger charge is -2.13. The molecule has 0 aliphatic carbocycles. The first-order chi connectivity index (χ1) is 9.10. The molecule has 0 fully saturated rings. The fourth-order valence-corrected chi connectivity index (χ4v) is 2.47. The predicted molar refractivity (Wildman–Crippen MR) is 74.8 cm³/mol. The number of nitrogens with two attached hydrogens (primary N) is 1. The van der Waals surface area contributed by atoms with Crippen LogP contribution in [0.25, 0.3) is 0 Å². The minimum atomic E-state index is -0.327. The molecular weight excluding hydrogens is 263 g/mol. The van der Waals surface area contributed by atoms with Crippen molar-refractivity contribution in [2.45, 2.75) is 32.9 Å². The number of ether oxygens (including phenoxy) is 1. The van der Waals surface area contributed by atoms with Crippen LogP contribution in [-0.4, -0.2) is 4.98 Å². The Bertz CT molecular complexity index is 554. The number of hydrogen-bond acceptors (Lipinski definition) is 4. The number of thiazole rings is 1. The first kappa shape index (κ1) is 14.0. The second-order valence-electron chi connectivity index (χ2n) is 4.35. The average molecular weight is 280 g/mol. The van der Waals surface area contributed by atoms with Crippen LogP contribution < -0.4 is 10.5 Å². The van der Waals surface area contributed by atoms with Crippen molar-refractivity contribution in [3.8, 4) is 5.75 Å². The second kappa shape index (κ2) is 6.12. The number of halogens is 1. The number of hydrogen-bond donors (Lipinski definition) is 1. The average Bonchev–Trinajstić information content (AvgIpc) is 2.84. The molecule has 1 aromatic heterocycles. The maximum absolute atomic E-state index is 13.3. The van der Waals surface area contributed by atoms with Crippen LogP contribution in [0.4, 0.5) is 4.39 Å². The largest absolute Gasteiger partial charge is 0.487 e. The molecule has 1 heterocycles. The monoisotopic (exact) mass is 280 g/mol. The van der Waals surface area contributed by atoms with Crippen molar-refractivity contribution >= 4 is 11.3 Å². The Morgan fingerprint density at radius 2 is 2.26 bits per heavy atom. The van der Waals surface area contributed by atoms with Gasteiger partial charge in [-0.2, -0.15) is 0 Å². The summed E-state index contributed by atoms with van der Waals surface area (Å²) in [6, 6.07) is 4.22. The fraction of sp³-hybridized carbons (Fsp3) is 0.357. The molecular formula is C14H17FN2OS. The molecule has 0 saturated carbocycles. The van der Waals surface area contributed by atoms with Crippen molar-refractivity contribution in [2.75, 3.05) is 0 Å². The van der Waals surface area contributed by atoms with E-state index in [-0.39, 0.29) is 11.9 Å². The fourth-order valence-electron chi connectivity index (χ4n) is 1.74. The molecule has 0 radical (unpaired) electrons. The standard InChI is InChI=1S/C14H17FN2OS/c1-3-14-17-11(8-19-14)7-18-13-6-10(15)4-5-12(13)9(2)16/h4-6,8-9H,3,7,16H2,1-2H3. The summed E-state index contributed by atoms with van der Waals surface area (Å²) in [7, 11) is 0. The van der Waals surface area contributed by atoms with Crippen LogP contribution in [0.5, 0.6) is 5.75 Å². The molecule has 3 nitrogen and oxygen atoms in total. The highest BCUT2D eigenvalue weighted by Crippen LogP contribution is 2.25. The van der Waals surface area contributed by atoms with Crippen molar-refractivity contribution in [3.63, 3.8) is 0 Å². The van der Waals surface area contributed by atoms with E-state index in [2.05, 4.69) is 11.9 Å². The van der Waals surface area contributed by atoms with Gasteiger partial charge in [-0.3, -0.25) is 0 Å². The van der Waals surface area contributed by atoms with Gasteiger partial charge in [0, 0.05) is 23.1 Å². The van der Waals surface area contributed by atoms with Gasteiger partial charge in [-0.25, -0.2) is 9.37 Å². The summed E-state index contributed by atoms with van der Waals surface area (Å²) in [5.41, 5.74) is 7.50. The van der Waals surface area contributed by atoms with Crippen molar-refractivity contribution in [2.24, 2.45) is 5.73 Å². The second-order valence-corrected chi connectivity index (χ2v) is 5.29. The van der Waals surface area contributed by atoms with Gasteiger partial charge < -0.3 is 10.5 Å². The van der Waals surface area contributed by atoms with E-state index in [9.17, 15) is 4.39 Å². The molecule has 0 saturated heterocycles. The Hall–Kier alpha value is -1.46. The summed E-state index contributed by atoms with van der Waals surface area (Å²) in [4.78, 5) is 4.41. The minimum Gasteiger partial charge on any atom is -0.487 e. The third-order valence-electron chi connectivity index (χ3n) is 2.74. The Kier molecular flexibility index (Phi) is 4.50. The molecule has 0 aliphatic heterocycles. The highest BCUT2D eigenvalue weighted by atomic mass is 32.1. The molecule has 102 valence electrons. The Morgan fingerprint density at radius 1 is 1.47 bits per heavy atom. The zero-order valence-corrected chi connectivity index (χ0v) is 11.8. The smallest absolute Gasteiger partial charge is 0.131 e. The van der Waals surface area contributed by atoms with Crippen molar-refractivity contribution < 1.29 is 9.13 Å². The summed E-state index contributed by atoms with van der Waals surface area (Å²) in [6.07, 6.45) is 0.912. The molecule has 19 heavy (non-hydrogen) atoms. The summed E-state index contributed by atoms with van der Waals surface area (Å²) in [5, 5.41) is 3.04. The number of aryl methyl sites for hydroxylation is 1. The van der Waals surface area contributed by atoms with Crippen LogP contribution in [0.2, 0.25) is 0 Å². The van der Waals surface area contributed by atoms with Gasteiger partial charge in [0.15, 0.2) is 0 Å². The van der Waals surface area contributed by atoms with Crippen molar-refractivity contribution in [3.05, 3.63) is 45.7 Å². The van der Waals surface area contributed by atoms with Crippen molar-refractivity contribution in [1.29, 1.82) is 0 Å². The first-order valence-electron chi connectivity index (χ1n) is 6.21. The van der Waals surface area contributed by atoms with Gasteiger partial charge in [-0.15, -0.1) is 11.3 Å². The van der Waals surface area contributed by atoms with E-state index >= 15 is 0 Å². The topological polar surface area (TPSA) is 48.1 Å². The number of rotatable bonds is 5. The molecule has 0 bridgehead atoms. The van der Waals surface area contributed by atoms with Gasteiger partial charge in [0.1, 0.15) is 18.2 Å². The van der Waals surface area contributed by atoms with Gasteiger partial charge in [0.05, 0.1) is 10.7 Å². The molecule has 2 N–H and O–H groups in total. The molecule has 5 heteroatoms. The summed E-state index contributed by atoms with van der Waals surface area (Å²) in [5.74, 6) is 0.160. The minimum absolute atomic E-state index is 0.197. The van der Waals surface area contributed by atoms with Crippen LogP contribution in [0, 0.1) is 5.82 Å². The highest BCUT2D eigenvalue weighted by Gasteiger charge is 2.10. The highest BCUT2D eigenvalue weighted by molar-refractivity contribution is 7.09. The zero-order valence-electron chi connectivity index (χ0n) is 11.0. The molecule has 2 aromatic rings. The van der Waals surface area contributed by atoms with Crippen LogP contribution in [0.3, 0.4) is 0 Å². The molecule has 1 atom stereocenters. The molecule has 1 unspecified atom stereocenters. The molecule has 1 aromatic carbocycles. The van der Waals surface area contributed by atoms with E-state index in [1.165, 1.54) is 12.1 Å². The first-order valence-corrected chi connectivity index (χ1v) is 7.09. The van der Waals surface area contributed by atoms with E-state index in [1.807, 2.05) is 12.3 Å². The maximum Gasteiger partial charge on any atom is 0.131 e. The predicted octanol–water partition coefficient (Wildman–Crippen LogP) is 3.44. The van der Waals surface area contributed by atoms with Crippen LogP contribution in [-0.2, 0) is 13.0 Å². The molecule has 0 amide bonds. The van der Waals surface area contributed by atoms with Gasteiger partial charge in [0.2, 0.25) is 0 Å². The molecule has 0 spiro atoms. The van der Waals surface area contributed by atoms with Crippen LogP contribution in [0.1, 0.15) is 36.2 Å². The zero-order chi connectivity index (χ0) is 13.8. The summed E-state index contributed by atoms with van der Waals surface area (Å²) >= 11 is 1.61. The lowest BCUT2D eigenvalue weighted by atomic mass is 10.1. The SMILES string of the molecule is CCc1nc(COc2cc(F)ccc2C(C)N)cs1. The van der Waals surface area contributed by atoms with Crippen LogP contribution >= 0.6 is 11.3 Å². The lowest BCUT2D eigenvalue weighted by molar-refractivity contribution is 0.295. The van der Waals surface area contributed by atoms with E-state index in [0.29, 0.717) is 12.4 Å². The quantitative estimate of drug-likeness (QED) is 0.912. The summed E-state index contributed by atoms with van der Waals surface area (Å²) in [6.45, 7) is 4.24. The van der Waals surface area contributed by atoms with Crippen molar-refractivity contribution in [1.82, 2.24) is 4.98 Å². The molecule has 2 rings (SSSR count). The van der Waals surface area contributed by atoms with E-state index < -0.39 is 0 Å². The Balaban J connectivity index is 2.12. The third-order valence-corrected chi connectivity index (χ3v) is 3.79. The van der Waals surface area contributed by atoms with E-state index in [4.69, 9.17) is 10.5 Å².